The molecule has 0 aliphatic heterocycles. The van der Waals surface area contributed by atoms with Crippen LogP contribution in [0.5, 0.6) is 0 Å². The number of amides is 1. The number of carbonyl (C=O) groups is 1. The number of hydrogen-bond donors (Lipinski definition) is 2. The zero-order valence-corrected chi connectivity index (χ0v) is 11.4. The maximum atomic E-state index is 13.6. The summed E-state index contributed by atoms with van der Waals surface area (Å²) in [7, 11) is 0. The first kappa shape index (κ1) is 14.9. The van der Waals surface area contributed by atoms with Gasteiger partial charge < -0.3 is 11.1 Å². The molecule has 1 aromatic rings. The maximum Gasteiger partial charge on any atom is 0.254 e. The Kier molecular flexibility index (Phi) is 5.50. The predicted molar refractivity (Wildman–Crippen MR) is 74.4 cm³/mol. The summed E-state index contributed by atoms with van der Waals surface area (Å²) in [6.07, 6.45) is 1.42. The van der Waals surface area contributed by atoms with Crippen LogP contribution >= 0.6 is 23.8 Å². The van der Waals surface area contributed by atoms with E-state index in [4.69, 9.17) is 29.6 Å². The predicted octanol–water partition coefficient (Wildman–Crippen LogP) is 2.66. The highest BCUT2D eigenvalue weighted by atomic mass is 35.5. The second kappa shape index (κ2) is 6.66. The zero-order chi connectivity index (χ0) is 13.7. The van der Waals surface area contributed by atoms with E-state index in [0.29, 0.717) is 6.42 Å². The first-order chi connectivity index (χ1) is 8.47. The standard InChI is InChI=1S/C12H14ClFN2OS/c1-2-4-9(11(15)18)16-12(17)7-5-3-6-8(13)10(7)14/h3,5-6,9H,2,4H2,1H3,(H2,15,18)(H,16,17). The van der Waals surface area contributed by atoms with Gasteiger partial charge in [-0.05, 0) is 18.6 Å². The topological polar surface area (TPSA) is 55.1 Å². The molecule has 0 saturated heterocycles. The molecule has 0 aromatic heterocycles. The SMILES string of the molecule is CCCC(NC(=O)c1cccc(Cl)c1F)C(N)=S. The van der Waals surface area contributed by atoms with Crippen molar-refractivity contribution >= 4 is 34.7 Å². The smallest absolute Gasteiger partial charge is 0.254 e. The summed E-state index contributed by atoms with van der Waals surface area (Å²) in [5.41, 5.74) is 5.40. The van der Waals surface area contributed by atoms with E-state index in [9.17, 15) is 9.18 Å². The van der Waals surface area contributed by atoms with Crippen LogP contribution in [0.1, 0.15) is 30.1 Å². The second-order valence-electron chi connectivity index (χ2n) is 3.82. The number of nitrogens with one attached hydrogen (secondary N) is 1. The van der Waals surface area contributed by atoms with Gasteiger partial charge in [-0.1, -0.05) is 43.2 Å². The Balaban J connectivity index is 2.87. The summed E-state index contributed by atoms with van der Waals surface area (Å²) in [5.74, 6) is -1.31. The van der Waals surface area contributed by atoms with Gasteiger partial charge in [0.15, 0.2) is 5.82 Å². The van der Waals surface area contributed by atoms with Gasteiger partial charge in [-0.2, -0.15) is 0 Å². The molecule has 0 aliphatic rings. The lowest BCUT2D eigenvalue weighted by Crippen LogP contribution is -2.43. The van der Waals surface area contributed by atoms with Gasteiger partial charge in [0, 0.05) is 0 Å². The summed E-state index contributed by atoms with van der Waals surface area (Å²) in [6, 6.07) is 3.82. The molecule has 1 unspecified atom stereocenters. The van der Waals surface area contributed by atoms with E-state index in [-0.39, 0.29) is 15.6 Å². The molecule has 1 amide bonds. The van der Waals surface area contributed by atoms with Crippen molar-refractivity contribution in [1.82, 2.24) is 5.32 Å². The first-order valence-corrected chi connectivity index (χ1v) is 6.30. The molecule has 0 spiro atoms. The number of hydrogen-bond acceptors (Lipinski definition) is 2. The van der Waals surface area contributed by atoms with Crippen LogP contribution in [0, 0.1) is 5.82 Å². The highest BCUT2D eigenvalue weighted by Gasteiger charge is 2.19. The minimum absolute atomic E-state index is 0.0926. The number of thiocarbonyl (C=S) groups is 1. The molecule has 6 heteroatoms. The molecule has 0 saturated carbocycles. The van der Waals surface area contributed by atoms with Crippen molar-refractivity contribution in [2.45, 2.75) is 25.8 Å². The van der Waals surface area contributed by atoms with E-state index in [0.717, 1.165) is 6.42 Å². The number of rotatable bonds is 5. The lowest BCUT2D eigenvalue weighted by Gasteiger charge is -2.16. The van der Waals surface area contributed by atoms with Crippen LogP contribution < -0.4 is 11.1 Å². The molecule has 0 fully saturated rings. The van der Waals surface area contributed by atoms with E-state index in [1.165, 1.54) is 18.2 Å². The molecule has 98 valence electrons. The van der Waals surface area contributed by atoms with E-state index in [2.05, 4.69) is 5.32 Å². The highest BCUT2D eigenvalue weighted by molar-refractivity contribution is 7.80. The molecule has 0 bridgehead atoms. The molecule has 0 aliphatic carbocycles. The monoisotopic (exact) mass is 288 g/mol. The quantitative estimate of drug-likeness (QED) is 0.819. The highest BCUT2D eigenvalue weighted by Crippen LogP contribution is 2.17. The van der Waals surface area contributed by atoms with Crippen LogP contribution in [0.2, 0.25) is 5.02 Å². The molecule has 3 N–H and O–H groups in total. The Morgan fingerprint density at radius 1 is 1.61 bits per heavy atom. The molecule has 0 heterocycles. The molecule has 0 radical (unpaired) electrons. The second-order valence-corrected chi connectivity index (χ2v) is 4.70. The van der Waals surface area contributed by atoms with Crippen molar-refractivity contribution in [1.29, 1.82) is 0 Å². The molecule has 3 nitrogen and oxygen atoms in total. The van der Waals surface area contributed by atoms with Gasteiger partial charge in [0.1, 0.15) is 0 Å². The third-order valence-corrected chi connectivity index (χ3v) is 3.00. The summed E-state index contributed by atoms with van der Waals surface area (Å²) in [4.78, 5) is 12.1. The van der Waals surface area contributed by atoms with Crippen molar-refractivity contribution < 1.29 is 9.18 Å². The van der Waals surface area contributed by atoms with E-state index < -0.39 is 17.8 Å². The van der Waals surface area contributed by atoms with Crippen LogP contribution in [0.25, 0.3) is 0 Å². The van der Waals surface area contributed by atoms with Crippen molar-refractivity contribution in [2.75, 3.05) is 0 Å². The molecule has 1 aromatic carbocycles. The first-order valence-electron chi connectivity index (χ1n) is 5.51. The summed E-state index contributed by atoms with van der Waals surface area (Å²) < 4.78 is 13.6. The molecule has 18 heavy (non-hydrogen) atoms. The van der Waals surface area contributed by atoms with Crippen LogP contribution in [0.4, 0.5) is 4.39 Å². The molecular formula is C12H14ClFN2OS. The number of halogens is 2. The van der Waals surface area contributed by atoms with Crippen molar-refractivity contribution in [3.05, 3.63) is 34.6 Å². The van der Waals surface area contributed by atoms with Crippen molar-refractivity contribution in [3.63, 3.8) is 0 Å². The van der Waals surface area contributed by atoms with Gasteiger partial charge >= 0.3 is 0 Å². The van der Waals surface area contributed by atoms with Crippen LogP contribution in [-0.2, 0) is 0 Å². The fraction of sp³-hybridized carbons (Fsp3) is 0.333. The van der Waals surface area contributed by atoms with Crippen molar-refractivity contribution in [2.24, 2.45) is 5.73 Å². The molecule has 1 rings (SSSR count). The number of benzene rings is 1. The van der Waals surface area contributed by atoms with Gasteiger partial charge in [0.2, 0.25) is 0 Å². The van der Waals surface area contributed by atoms with E-state index in [1.807, 2.05) is 6.92 Å². The van der Waals surface area contributed by atoms with Crippen molar-refractivity contribution in [3.8, 4) is 0 Å². The van der Waals surface area contributed by atoms with Gasteiger partial charge in [-0.3, -0.25) is 4.79 Å². The van der Waals surface area contributed by atoms with Gasteiger partial charge in [-0.25, -0.2) is 4.39 Å². The number of nitrogens with two attached hydrogens (primary N) is 1. The third kappa shape index (κ3) is 3.65. The van der Waals surface area contributed by atoms with Gasteiger partial charge in [-0.15, -0.1) is 0 Å². The largest absolute Gasteiger partial charge is 0.392 e. The van der Waals surface area contributed by atoms with Gasteiger partial charge in [0.05, 0.1) is 21.6 Å². The van der Waals surface area contributed by atoms with E-state index in [1.54, 1.807) is 0 Å². The molecular weight excluding hydrogens is 275 g/mol. The Labute approximate surface area is 115 Å². The fourth-order valence-electron chi connectivity index (χ4n) is 1.49. The normalized spacial score (nSPS) is 11.9. The lowest BCUT2D eigenvalue weighted by molar-refractivity contribution is 0.0941. The zero-order valence-electron chi connectivity index (χ0n) is 9.87. The van der Waals surface area contributed by atoms with Crippen LogP contribution in [-0.4, -0.2) is 16.9 Å². The Morgan fingerprint density at radius 3 is 2.83 bits per heavy atom. The summed E-state index contributed by atoms with van der Waals surface area (Å²) >= 11 is 10.5. The van der Waals surface area contributed by atoms with Crippen LogP contribution in [0.15, 0.2) is 18.2 Å². The maximum absolute atomic E-state index is 13.6. The summed E-state index contributed by atoms with van der Waals surface area (Å²) in [5, 5.41) is 2.51. The fourth-order valence-corrected chi connectivity index (χ4v) is 1.84. The number of carbonyl (C=O) groups excluding carboxylic acids is 1. The Bertz CT molecular complexity index is 467. The van der Waals surface area contributed by atoms with Gasteiger partial charge in [0.25, 0.3) is 5.91 Å². The van der Waals surface area contributed by atoms with E-state index >= 15 is 0 Å². The minimum atomic E-state index is -0.741. The Hall–Kier alpha value is -1.20. The Morgan fingerprint density at radius 2 is 2.28 bits per heavy atom. The average Bonchev–Trinajstić information content (AvgIpc) is 2.31. The average molecular weight is 289 g/mol. The molecule has 1 atom stereocenters. The third-order valence-electron chi connectivity index (χ3n) is 2.42. The summed E-state index contributed by atoms with van der Waals surface area (Å²) in [6.45, 7) is 1.94. The minimum Gasteiger partial charge on any atom is -0.392 e. The lowest BCUT2D eigenvalue weighted by atomic mass is 10.1. The van der Waals surface area contributed by atoms with Crippen LogP contribution in [0.3, 0.4) is 0 Å².